The van der Waals surface area contributed by atoms with Crippen molar-refractivity contribution >= 4 is 0 Å². The first-order chi connectivity index (χ1) is 9.44. The molecule has 2 aromatic heterocycles. The van der Waals surface area contributed by atoms with Crippen LogP contribution in [0.3, 0.4) is 0 Å². The maximum Gasteiger partial charge on any atom is 0.0812 e. The molecular weight excluding hydrogens is 250 g/mol. The first-order valence-electron chi connectivity index (χ1n) is 7.29. The molecule has 2 aromatic rings. The van der Waals surface area contributed by atoms with Gasteiger partial charge in [0.25, 0.3) is 0 Å². The average molecular weight is 273 g/mol. The fourth-order valence-corrected chi connectivity index (χ4v) is 3.23. The fourth-order valence-electron chi connectivity index (χ4n) is 3.23. The van der Waals surface area contributed by atoms with Crippen molar-refractivity contribution in [3.63, 3.8) is 0 Å². The number of hydrogen-bond donors (Lipinski definition) is 1. The predicted molar refractivity (Wildman–Crippen MR) is 78.4 cm³/mol. The van der Waals surface area contributed by atoms with Gasteiger partial charge in [-0.3, -0.25) is 4.68 Å². The summed E-state index contributed by atoms with van der Waals surface area (Å²) in [5.74, 6) is 0. The van der Waals surface area contributed by atoms with E-state index in [1.54, 1.807) is 0 Å². The Bertz CT molecular complexity index is 609. The molecule has 0 fully saturated rings. The van der Waals surface area contributed by atoms with E-state index in [1.807, 2.05) is 17.9 Å². The van der Waals surface area contributed by atoms with E-state index < -0.39 is 0 Å². The van der Waals surface area contributed by atoms with Gasteiger partial charge in [0.1, 0.15) is 0 Å². The highest BCUT2D eigenvalue weighted by Crippen LogP contribution is 2.41. The molecule has 4 heteroatoms. The van der Waals surface area contributed by atoms with E-state index in [0.29, 0.717) is 0 Å². The summed E-state index contributed by atoms with van der Waals surface area (Å²) in [6, 6.07) is 4.14. The van der Waals surface area contributed by atoms with E-state index >= 15 is 0 Å². The molecule has 0 saturated carbocycles. The molecule has 108 valence electrons. The molecule has 0 aromatic carbocycles. The molecule has 3 rings (SSSR count). The van der Waals surface area contributed by atoms with Gasteiger partial charge in [0, 0.05) is 43.7 Å². The molecule has 1 unspecified atom stereocenters. The Morgan fingerprint density at radius 1 is 1.35 bits per heavy atom. The molecule has 1 atom stereocenters. The first kappa shape index (κ1) is 13.4. The molecule has 0 saturated heterocycles. The Kier molecular flexibility index (Phi) is 3.21. The molecule has 20 heavy (non-hydrogen) atoms. The number of aliphatic hydroxyl groups excluding tert-OH is 1. The molecular formula is C16H23N3O. The second-order valence-corrected chi connectivity index (χ2v) is 6.70. The summed E-state index contributed by atoms with van der Waals surface area (Å²) in [4.78, 5) is 0. The van der Waals surface area contributed by atoms with E-state index in [9.17, 15) is 5.11 Å². The van der Waals surface area contributed by atoms with Crippen LogP contribution in [0, 0.1) is 5.41 Å². The fraction of sp³-hybridized carbons (Fsp3) is 0.562. The highest BCUT2D eigenvalue weighted by molar-refractivity contribution is 5.29. The summed E-state index contributed by atoms with van der Waals surface area (Å²) in [7, 11) is 1.94. The predicted octanol–water partition coefficient (Wildman–Crippen LogP) is 2.47. The minimum absolute atomic E-state index is 0.174. The number of hydrogen-bond acceptors (Lipinski definition) is 2. The molecule has 1 aliphatic carbocycles. The maximum absolute atomic E-state index is 10.3. The SMILES string of the molecule is Cn1ccc(CCn2ccc3c2CC(C)(C)CC3O)n1. The Balaban J connectivity index is 1.78. The Morgan fingerprint density at radius 3 is 2.85 bits per heavy atom. The van der Waals surface area contributed by atoms with Crippen LogP contribution >= 0.6 is 0 Å². The molecule has 0 bridgehead atoms. The Hall–Kier alpha value is -1.55. The first-order valence-corrected chi connectivity index (χ1v) is 7.29. The lowest BCUT2D eigenvalue weighted by Crippen LogP contribution is -2.27. The van der Waals surface area contributed by atoms with Crippen molar-refractivity contribution in [1.29, 1.82) is 0 Å². The van der Waals surface area contributed by atoms with Crippen LogP contribution in [0.2, 0.25) is 0 Å². The van der Waals surface area contributed by atoms with Crippen LogP contribution < -0.4 is 0 Å². The molecule has 0 amide bonds. The highest BCUT2D eigenvalue weighted by atomic mass is 16.3. The number of fused-ring (bicyclic) bond motifs is 1. The van der Waals surface area contributed by atoms with E-state index in [2.05, 4.69) is 41.8 Å². The third-order valence-electron chi connectivity index (χ3n) is 4.24. The van der Waals surface area contributed by atoms with Crippen molar-refractivity contribution in [3.8, 4) is 0 Å². The summed E-state index contributed by atoms with van der Waals surface area (Å²) in [5.41, 5.74) is 3.70. The quantitative estimate of drug-likeness (QED) is 0.933. The van der Waals surface area contributed by atoms with Gasteiger partial charge in [0.15, 0.2) is 0 Å². The molecule has 0 radical (unpaired) electrons. The maximum atomic E-state index is 10.3. The zero-order valence-corrected chi connectivity index (χ0v) is 12.5. The van der Waals surface area contributed by atoms with Crippen molar-refractivity contribution in [1.82, 2.24) is 14.3 Å². The monoisotopic (exact) mass is 273 g/mol. The third-order valence-corrected chi connectivity index (χ3v) is 4.24. The van der Waals surface area contributed by atoms with Crippen LogP contribution in [-0.4, -0.2) is 19.5 Å². The van der Waals surface area contributed by atoms with Crippen LogP contribution in [0.15, 0.2) is 24.5 Å². The summed E-state index contributed by atoms with van der Waals surface area (Å²) in [6.07, 6.45) is 6.59. The van der Waals surface area contributed by atoms with Gasteiger partial charge in [0.05, 0.1) is 11.8 Å². The minimum Gasteiger partial charge on any atom is -0.388 e. The number of aliphatic hydroxyl groups is 1. The van der Waals surface area contributed by atoms with E-state index in [-0.39, 0.29) is 11.5 Å². The second-order valence-electron chi connectivity index (χ2n) is 6.70. The van der Waals surface area contributed by atoms with E-state index in [4.69, 9.17) is 0 Å². The van der Waals surface area contributed by atoms with Crippen LogP contribution in [0.4, 0.5) is 0 Å². The van der Waals surface area contributed by atoms with Crippen molar-refractivity contribution in [2.24, 2.45) is 12.5 Å². The number of aryl methyl sites for hydroxylation is 3. The molecule has 0 aliphatic heterocycles. The normalized spacial score (nSPS) is 20.9. The number of rotatable bonds is 3. The largest absolute Gasteiger partial charge is 0.388 e. The lowest BCUT2D eigenvalue weighted by atomic mass is 9.75. The van der Waals surface area contributed by atoms with Crippen LogP contribution in [-0.2, 0) is 26.4 Å². The van der Waals surface area contributed by atoms with Crippen LogP contribution in [0.5, 0.6) is 0 Å². The summed E-state index contributed by atoms with van der Waals surface area (Å²) in [5, 5.41) is 14.7. The van der Waals surface area contributed by atoms with Gasteiger partial charge < -0.3 is 9.67 Å². The lowest BCUT2D eigenvalue weighted by molar-refractivity contribution is 0.0979. The van der Waals surface area contributed by atoms with Gasteiger partial charge >= 0.3 is 0 Å². The van der Waals surface area contributed by atoms with Crippen molar-refractivity contribution in [2.45, 2.75) is 45.8 Å². The lowest BCUT2D eigenvalue weighted by Gasteiger charge is -2.34. The van der Waals surface area contributed by atoms with Gasteiger partial charge in [-0.1, -0.05) is 13.8 Å². The summed E-state index contributed by atoms with van der Waals surface area (Å²) >= 11 is 0. The zero-order chi connectivity index (χ0) is 14.3. The van der Waals surface area contributed by atoms with E-state index in [0.717, 1.165) is 37.1 Å². The number of nitrogens with zero attached hydrogens (tertiary/aromatic N) is 3. The van der Waals surface area contributed by atoms with Crippen molar-refractivity contribution in [2.75, 3.05) is 0 Å². The topological polar surface area (TPSA) is 43.0 Å². The summed E-state index contributed by atoms with van der Waals surface area (Å²) in [6.45, 7) is 5.39. The third kappa shape index (κ3) is 2.52. The molecule has 1 aliphatic rings. The second kappa shape index (κ2) is 4.77. The molecule has 1 N–H and O–H groups in total. The average Bonchev–Trinajstić information content (AvgIpc) is 2.92. The Morgan fingerprint density at radius 2 is 2.15 bits per heavy atom. The van der Waals surface area contributed by atoms with Crippen LogP contribution in [0.1, 0.15) is 43.3 Å². The number of aromatic nitrogens is 3. The van der Waals surface area contributed by atoms with Crippen LogP contribution in [0.25, 0.3) is 0 Å². The smallest absolute Gasteiger partial charge is 0.0812 e. The van der Waals surface area contributed by atoms with Gasteiger partial charge in [-0.2, -0.15) is 5.10 Å². The minimum atomic E-state index is -0.315. The van der Waals surface area contributed by atoms with E-state index in [1.165, 1.54) is 5.69 Å². The standard InChI is InChI=1S/C16H23N3O/c1-16(2)10-14-13(15(20)11-16)6-9-19(14)8-5-12-4-7-18(3)17-12/h4,6-7,9,15,20H,5,8,10-11H2,1-3H3. The Labute approximate surface area is 120 Å². The highest BCUT2D eigenvalue weighted by Gasteiger charge is 2.33. The summed E-state index contributed by atoms with van der Waals surface area (Å²) < 4.78 is 4.13. The van der Waals surface area contributed by atoms with Crippen molar-refractivity contribution in [3.05, 3.63) is 41.5 Å². The zero-order valence-electron chi connectivity index (χ0n) is 12.5. The van der Waals surface area contributed by atoms with Gasteiger partial charge in [-0.05, 0) is 30.4 Å². The molecule has 2 heterocycles. The van der Waals surface area contributed by atoms with Gasteiger partial charge in [0.2, 0.25) is 0 Å². The molecule has 4 nitrogen and oxygen atoms in total. The van der Waals surface area contributed by atoms with Gasteiger partial charge in [-0.25, -0.2) is 0 Å². The molecule has 0 spiro atoms. The van der Waals surface area contributed by atoms with Gasteiger partial charge in [-0.15, -0.1) is 0 Å². The van der Waals surface area contributed by atoms with Crippen molar-refractivity contribution < 1.29 is 5.11 Å².